The van der Waals surface area contributed by atoms with Crippen LogP contribution in [-0.2, 0) is 5.41 Å². The molecule has 2 aromatic rings. The maximum atomic E-state index is 11.2. The van der Waals surface area contributed by atoms with E-state index in [9.17, 15) is 9.90 Å². The van der Waals surface area contributed by atoms with Crippen LogP contribution >= 0.6 is 27.3 Å². The van der Waals surface area contributed by atoms with E-state index in [4.69, 9.17) is 0 Å². The summed E-state index contributed by atoms with van der Waals surface area (Å²) in [5.41, 5.74) is 1.55. The second-order valence-electron chi connectivity index (χ2n) is 5.02. The third-order valence-corrected chi connectivity index (χ3v) is 4.57. The van der Waals surface area contributed by atoms with Gasteiger partial charge in [0.25, 0.3) is 0 Å². The highest BCUT2D eigenvalue weighted by atomic mass is 79.9. The van der Waals surface area contributed by atoms with Gasteiger partial charge in [0.2, 0.25) is 0 Å². The van der Waals surface area contributed by atoms with Crippen LogP contribution in [0.4, 0.5) is 0 Å². The van der Waals surface area contributed by atoms with Gasteiger partial charge in [-0.25, -0.2) is 4.79 Å². The Balaban J connectivity index is 2.75. The summed E-state index contributed by atoms with van der Waals surface area (Å²) in [7, 11) is 0. The molecule has 0 saturated carbocycles. The standard InChI is InChI=1S/C13H13BrO2S/c1-13(2,3)7-4-5-9-8(6-7)10(12(15)16)11(14)17-9/h4-6H,1-3H3,(H,15,16). The van der Waals surface area contributed by atoms with Crippen molar-refractivity contribution in [3.05, 3.63) is 33.1 Å². The molecular formula is C13H13BrO2S. The van der Waals surface area contributed by atoms with Crippen molar-refractivity contribution in [3.8, 4) is 0 Å². The van der Waals surface area contributed by atoms with Crippen molar-refractivity contribution < 1.29 is 9.90 Å². The number of hydrogen-bond acceptors (Lipinski definition) is 2. The van der Waals surface area contributed by atoms with Gasteiger partial charge in [0.05, 0.1) is 9.35 Å². The number of rotatable bonds is 1. The Morgan fingerprint density at radius 3 is 2.53 bits per heavy atom. The molecule has 0 amide bonds. The van der Waals surface area contributed by atoms with Crippen LogP contribution in [0.1, 0.15) is 36.7 Å². The Labute approximate surface area is 112 Å². The van der Waals surface area contributed by atoms with Gasteiger partial charge >= 0.3 is 5.97 Å². The Hall–Kier alpha value is -0.870. The van der Waals surface area contributed by atoms with E-state index in [1.807, 2.05) is 12.1 Å². The van der Waals surface area contributed by atoms with Crippen LogP contribution in [0.5, 0.6) is 0 Å². The average Bonchev–Trinajstić information content (AvgIpc) is 2.50. The molecule has 2 rings (SSSR count). The zero-order valence-electron chi connectivity index (χ0n) is 9.87. The fourth-order valence-corrected chi connectivity index (χ4v) is 3.54. The third kappa shape index (κ3) is 2.24. The summed E-state index contributed by atoms with van der Waals surface area (Å²) in [5.74, 6) is -0.880. The van der Waals surface area contributed by atoms with E-state index in [2.05, 4.69) is 42.8 Å². The molecule has 0 unspecified atom stereocenters. The lowest BCUT2D eigenvalue weighted by atomic mass is 9.86. The molecule has 4 heteroatoms. The summed E-state index contributed by atoms with van der Waals surface area (Å²) >= 11 is 4.79. The monoisotopic (exact) mass is 312 g/mol. The first-order valence-electron chi connectivity index (χ1n) is 5.26. The van der Waals surface area contributed by atoms with Gasteiger partial charge in [-0.2, -0.15) is 0 Å². The summed E-state index contributed by atoms with van der Waals surface area (Å²) in [4.78, 5) is 11.2. The van der Waals surface area contributed by atoms with Crippen molar-refractivity contribution in [3.63, 3.8) is 0 Å². The van der Waals surface area contributed by atoms with Gasteiger partial charge < -0.3 is 5.11 Å². The third-order valence-electron chi connectivity index (χ3n) is 2.72. The predicted octanol–water partition coefficient (Wildman–Crippen LogP) is 4.66. The van der Waals surface area contributed by atoms with Crippen LogP contribution in [0.3, 0.4) is 0 Å². The van der Waals surface area contributed by atoms with Crippen LogP contribution in [0.25, 0.3) is 10.1 Å². The van der Waals surface area contributed by atoms with Crippen molar-refractivity contribution in [2.75, 3.05) is 0 Å². The summed E-state index contributed by atoms with van der Waals surface area (Å²) in [6.45, 7) is 6.36. The van der Waals surface area contributed by atoms with Gasteiger partial charge in [-0.1, -0.05) is 26.8 Å². The normalized spacial score (nSPS) is 12.0. The molecule has 0 spiro atoms. The Morgan fingerprint density at radius 1 is 1.35 bits per heavy atom. The van der Waals surface area contributed by atoms with Crippen LogP contribution < -0.4 is 0 Å². The highest BCUT2D eigenvalue weighted by Gasteiger charge is 2.20. The SMILES string of the molecule is CC(C)(C)c1ccc2sc(Br)c(C(=O)O)c2c1. The fraction of sp³-hybridized carbons (Fsp3) is 0.308. The van der Waals surface area contributed by atoms with Gasteiger partial charge in [-0.05, 0) is 39.0 Å². The maximum Gasteiger partial charge on any atom is 0.338 e. The van der Waals surface area contributed by atoms with E-state index < -0.39 is 5.97 Å². The molecule has 1 aromatic heterocycles. The molecule has 2 nitrogen and oxygen atoms in total. The van der Waals surface area contributed by atoms with E-state index >= 15 is 0 Å². The van der Waals surface area contributed by atoms with Gasteiger partial charge in [0.15, 0.2) is 0 Å². The summed E-state index contributed by atoms with van der Waals surface area (Å²) in [6, 6.07) is 6.05. The van der Waals surface area contributed by atoms with Crippen molar-refractivity contribution in [1.82, 2.24) is 0 Å². The number of fused-ring (bicyclic) bond motifs is 1. The number of carboxylic acid groups (broad SMARTS) is 1. The molecule has 90 valence electrons. The van der Waals surface area contributed by atoms with Crippen molar-refractivity contribution in [1.29, 1.82) is 0 Å². The van der Waals surface area contributed by atoms with E-state index in [-0.39, 0.29) is 5.41 Å². The lowest BCUT2D eigenvalue weighted by Gasteiger charge is -2.18. The molecule has 0 saturated heterocycles. The minimum atomic E-state index is -0.880. The lowest BCUT2D eigenvalue weighted by Crippen LogP contribution is -2.10. The van der Waals surface area contributed by atoms with Crippen LogP contribution in [-0.4, -0.2) is 11.1 Å². The van der Waals surface area contributed by atoms with Crippen molar-refractivity contribution in [2.24, 2.45) is 0 Å². The largest absolute Gasteiger partial charge is 0.478 e. The quantitative estimate of drug-likeness (QED) is 0.831. The molecular weight excluding hydrogens is 300 g/mol. The number of aromatic carboxylic acids is 1. The van der Waals surface area contributed by atoms with Gasteiger partial charge in [0.1, 0.15) is 0 Å². The molecule has 1 heterocycles. The Morgan fingerprint density at radius 2 is 2.00 bits per heavy atom. The van der Waals surface area contributed by atoms with Crippen molar-refractivity contribution >= 4 is 43.3 Å². The lowest BCUT2D eigenvalue weighted by molar-refractivity contribution is 0.0698. The second kappa shape index (κ2) is 4.10. The first-order valence-corrected chi connectivity index (χ1v) is 6.87. The number of carboxylic acids is 1. The van der Waals surface area contributed by atoms with E-state index in [0.29, 0.717) is 9.35 Å². The van der Waals surface area contributed by atoms with E-state index in [0.717, 1.165) is 15.6 Å². The number of hydrogen-bond donors (Lipinski definition) is 1. The average molecular weight is 313 g/mol. The van der Waals surface area contributed by atoms with Gasteiger partial charge in [0, 0.05) is 10.1 Å². The number of carbonyl (C=O) groups is 1. The first-order chi connectivity index (χ1) is 7.80. The Bertz CT molecular complexity index is 593. The van der Waals surface area contributed by atoms with Crippen LogP contribution in [0, 0.1) is 0 Å². The molecule has 0 bridgehead atoms. The molecule has 0 fully saturated rings. The number of thiophene rings is 1. The predicted molar refractivity (Wildman–Crippen MR) is 75.2 cm³/mol. The smallest absolute Gasteiger partial charge is 0.338 e. The summed E-state index contributed by atoms with van der Waals surface area (Å²) < 4.78 is 1.69. The molecule has 17 heavy (non-hydrogen) atoms. The van der Waals surface area contributed by atoms with Crippen LogP contribution in [0.15, 0.2) is 22.0 Å². The molecule has 0 atom stereocenters. The zero-order valence-corrected chi connectivity index (χ0v) is 12.3. The first kappa shape index (κ1) is 12.6. The van der Waals surface area contributed by atoms with E-state index in [1.165, 1.54) is 11.3 Å². The maximum absolute atomic E-state index is 11.2. The zero-order chi connectivity index (χ0) is 12.8. The summed E-state index contributed by atoms with van der Waals surface area (Å²) in [5, 5.41) is 10.0. The molecule has 0 radical (unpaired) electrons. The summed E-state index contributed by atoms with van der Waals surface area (Å²) in [6.07, 6.45) is 0. The van der Waals surface area contributed by atoms with Gasteiger partial charge in [-0.15, -0.1) is 11.3 Å². The van der Waals surface area contributed by atoms with E-state index in [1.54, 1.807) is 0 Å². The fourth-order valence-electron chi connectivity index (χ4n) is 1.73. The van der Waals surface area contributed by atoms with Crippen LogP contribution in [0.2, 0.25) is 0 Å². The van der Waals surface area contributed by atoms with Crippen molar-refractivity contribution in [2.45, 2.75) is 26.2 Å². The minimum Gasteiger partial charge on any atom is -0.478 e. The Kier molecular flexibility index (Phi) is 3.04. The highest BCUT2D eigenvalue weighted by molar-refractivity contribution is 9.11. The minimum absolute atomic E-state index is 0.0262. The molecule has 1 aromatic carbocycles. The highest BCUT2D eigenvalue weighted by Crippen LogP contribution is 2.37. The number of benzene rings is 1. The topological polar surface area (TPSA) is 37.3 Å². The molecule has 0 aliphatic heterocycles. The molecule has 0 aliphatic rings. The second-order valence-corrected chi connectivity index (χ2v) is 7.39. The van der Waals surface area contributed by atoms with Gasteiger partial charge in [-0.3, -0.25) is 0 Å². The number of halogens is 1. The molecule has 0 aliphatic carbocycles. The molecule has 1 N–H and O–H groups in total.